The van der Waals surface area contributed by atoms with Gasteiger partial charge in [-0.1, -0.05) is 0 Å². The summed E-state index contributed by atoms with van der Waals surface area (Å²) in [4.78, 5) is 39.6. The summed E-state index contributed by atoms with van der Waals surface area (Å²) in [5.41, 5.74) is 1.18. The van der Waals surface area contributed by atoms with Crippen molar-refractivity contribution in [3.63, 3.8) is 0 Å². The summed E-state index contributed by atoms with van der Waals surface area (Å²) in [5, 5.41) is 13.5. The van der Waals surface area contributed by atoms with E-state index in [0.717, 1.165) is 5.56 Å². The largest absolute Gasteiger partial charge is 0.508 e. The maximum atomic E-state index is 13.9. The second kappa shape index (κ2) is 11.2. The van der Waals surface area contributed by atoms with E-state index in [4.69, 9.17) is 18.9 Å². The number of carbonyl (C=O) groups excluding carboxylic acids is 2. The van der Waals surface area contributed by atoms with Gasteiger partial charge in [-0.05, 0) is 98.8 Å². The molecule has 0 radical (unpaired) electrons. The van der Waals surface area contributed by atoms with Crippen LogP contribution in [0.25, 0.3) is 27.6 Å². The minimum Gasteiger partial charge on any atom is -0.508 e. The number of rotatable bonds is 6. The van der Waals surface area contributed by atoms with E-state index < -0.39 is 23.2 Å². The van der Waals surface area contributed by atoms with Crippen LogP contribution in [-0.2, 0) is 9.47 Å². The summed E-state index contributed by atoms with van der Waals surface area (Å²) < 4.78 is 22.7. The van der Waals surface area contributed by atoms with Crippen molar-refractivity contribution in [2.75, 3.05) is 26.6 Å². The quantitative estimate of drug-likeness (QED) is 0.283. The number of phenolic OH excluding ortho intramolecular Hbond substituents is 1. The van der Waals surface area contributed by atoms with Crippen LogP contribution < -0.4 is 20.3 Å². The number of anilines is 1. The lowest BCUT2D eigenvalue weighted by molar-refractivity contribution is 0.0589. The molecule has 0 saturated carbocycles. The van der Waals surface area contributed by atoms with Gasteiger partial charge in [0.1, 0.15) is 17.0 Å². The zero-order valence-electron chi connectivity index (χ0n) is 23.9. The summed E-state index contributed by atoms with van der Waals surface area (Å²) in [5.74, 6) is 0.0913. The van der Waals surface area contributed by atoms with Crippen molar-refractivity contribution in [2.24, 2.45) is 0 Å². The van der Waals surface area contributed by atoms with Crippen LogP contribution in [0.2, 0.25) is 0 Å². The van der Waals surface area contributed by atoms with Crippen LogP contribution in [0.15, 0.2) is 59.4 Å². The SMILES string of the molecule is COC(=O)c1c(-c2cc(C)c(OC)c(OC)c2)c2ccc(O)cc2c(=O)n1-c1ccc(NC(=O)OC(C)(C)C)cc1. The van der Waals surface area contributed by atoms with E-state index in [1.807, 2.05) is 13.0 Å². The van der Waals surface area contributed by atoms with E-state index >= 15 is 0 Å². The number of benzene rings is 3. The van der Waals surface area contributed by atoms with Crippen LogP contribution in [0.5, 0.6) is 17.2 Å². The molecule has 0 spiro atoms. The molecule has 0 bridgehead atoms. The fourth-order valence-corrected chi connectivity index (χ4v) is 4.63. The fraction of sp³-hybridized carbons (Fsp3) is 0.258. The second-order valence-corrected chi connectivity index (χ2v) is 10.3. The average Bonchev–Trinajstić information content (AvgIpc) is 2.91. The highest BCUT2D eigenvalue weighted by atomic mass is 16.6. The summed E-state index contributed by atoms with van der Waals surface area (Å²) >= 11 is 0. The maximum Gasteiger partial charge on any atom is 0.412 e. The van der Waals surface area contributed by atoms with Crippen LogP contribution in [0.3, 0.4) is 0 Å². The zero-order chi connectivity index (χ0) is 30.1. The molecule has 214 valence electrons. The van der Waals surface area contributed by atoms with Gasteiger partial charge >= 0.3 is 12.1 Å². The predicted molar refractivity (Wildman–Crippen MR) is 156 cm³/mol. The number of carbonyl (C=O) groups is 2. The molecule has 41 heavy (non-hydrogen) atoms. The molecule has 0 aliphatic carbocycles. The molecular weight excluding hydrogens is 528 g/mol. The van der Waals surface area contributed by atoms with Crippen LogP contribution >= 0.6 is 0 Å². The van der Waals surface area contributed by atoms with E-state index in [9.17, 15) is 19.5 Å². The van der Waals surface area contributed by atoms with E-state index in [1.54, 1.807) is 57.2 Å². The molecule has 0 unspecified atom stereocenters. The first kappa shape index (κ1) is 29.0. The van der Waals surface area contributed by atoms with Gasteiger partial charge in [0, 0.05) is 16.9 Å². The molecule has 0 aliphatic heterocycles. The van der Waals surface area contributed by atoms with Crippen molar-refractivity contribution in [2.45, 2.75) is 33.3 Å². The number of aryl methyl sites for hydroxylation is 1. The van der Waals surface area contributed by atoms with Crippen LogP contribution in [0.1, 0.15) is 36.8 Å². The highest BCUT2D eigenvalue weighted by Crippen LogP contribution is 2.40. The molecule has 0 fully saturated rings. The predicted octanol–water partition coefficient (Wildman–Crippen LogP) is 5.82. The summed E-state index contributed by atoms with van der Waals surface area (Å²) in [7, 11) is 4.27. The van der Waals surface area contributed by atoms with Crippen molar-refractivity contribution >= 4 is 28.5 Å². The molecule has 0 atom stereocenters. The summed E-state index contributed by atoms with van der Waals surface area (Å²) in [6.07, 6.45) is -0.634. The first-order valence-electron chi connectivity index (χ1n) is 12.7. The zero-order valence-corrected chi connectivity index (χ0v) is 23.9. The number of aromatic hydroxyl groups is 1. The highest BCUT2D eigenvalue weighted by molar-refractivity contribution is 6.07. The summed E-state index contributed by atoms with van der Waals surface area (Å²) in [6, 6.07) is 14.2. The number of pyridine rings is 1. The number of aromatic nitrogens is 1. The van der Waals surface area contributed by atoms with Gasteiger partial charge in [-0.3, -0.25) is 14.7 Å². The average molecular weight is 561 g/mol. The fourth-order valence-electron chi connectivity index (χ4n) is 4.63. The van der Waals surface area contributed by atoms with E-state index in [-0.39, 0.29) is 16.8 Å². The van der Waals surface area contributed by atoms with E-state index in [1.165, 1.54) is 38.0 Å². The normalized spacial score (nSPS) is 11.2. The number of esters is 1. The van der Waals surface area contributed by atoms with Gasteiger partial charge in [-0.2, -0.15) is 0 Å². The van der Waals surface area contributed by atoms with Gasteiger partial charge in [-0.25, -0.2) is 9.59 Å². The second-order valence-electron chi connectivity index (χ2n) is 10.3. The standard InChI is InChI=1S/C31H32N2O8/c1-17-14-18(15-24(38-5)27(17)39-6)25-22-13-12-21(34)16-23(22)28(35)33(26(25)29(36)40-7)20-10-8-19(9-11-20)32-30(37)41-31(2,3)4/h8-16,34H,1-7H3,(H,32,37). The van der Waals surface area contributed by atoms with Crippen molar-refractivity contribution in [3.8, 4) is 34.1 Å². The van der Waals surface area contributed by atoms with Gasteiger partial charge in [0.2, 0.25) is 0 Å². The highest BCUT2D eigenvalue weighted by Gasteiger charge is 2.27. The Morgan fingerprint density at radius 2 is 1.59 bits per heavy atom. The number of hydrogen-bond acceptors (Lipinski definition) is 8. The lowest BCUT2D eigenvalue weighted by Gasteiger charge is -2.21. The first-order valence-corrected chi connectivity index (χ1v) is 12.7. The number of fused-ring (bicyclic) bond motifs is 1. The molecule has 2 N–H and O–H groups in total. The molecule has 4 rings (SSSR count). The molecule has 0 aliphatic rings. The third kappa shape index (κ3) is 5.81. The molecule has 10 nitrogen and oxygen atoms in total. The van der Waals surface area contributed by atoms with E-state index in [2.05, 4.69) is 5.32 Å². The third-order valence-corrected chi connectivity index (χ3v) is 6.27. The number of nitrogens with zero attached hydrogens (tertiary/aromatic N) is 1. The van der Waals surface area contributed by atoms with Gasteiger partial charge in [0.05, 0.1) is 26.7 Å². The smallest absolute Gasteiger partial charge is 0.412 e. The monoisotopic (exact) mass is 560 g/mol. The Labute approximate surface area is 237 Å². The minimum atomic E-state index is -0.754. The molecule has 4 aromatic rings. The van der Waals surface area contributed by atoms with Gasteiger partial charge in [-0.15, -0.1) is 0 Å². The molecule has 1 heterocycles. The molecule has 1 amide bonds. The molecular formula is C31H32N2O8. The lowest BCUT2D eigenvalue weighted by atomic mass is 9.94. The Bertz CT molecular complexity index is 1700. The van der Waals surface area contributed by atoms with Crippen LogP contribution in [0.4, 0.5) is 10.5 Å². The van der Waals surface area contributed by atoms with Crippen LogP contribution in [-0.4, -0.2) is 48.7 Å². The number of phenols is 1. The van der Waals surface area contributed by atoms with Crippen molar-refractivity contribution in [1.29, 1.82) is 0 Å². The number of methoxy groups -OCH3 is 3. The number of nitrogens with one attached hydrogen (secondary N) is 1. The van der Waals surface area contributed by atoms with Crippen molar-refractivity contribution in [1.82, 2.24) is 4.57 Å². The molecule has 1 aromatic heterocycles. The van der Waals surface area contributed by atoms with Gasteiger partial charge < -0.3 is 24.1 Å². The molecule has 10 heteroatoms. The number of amides is 1. The Kier molecular flexibility index (Phi) is 7.95. The molecule has 3 aromatic carbocycles. The minimum absolute atomic E-state index is 0.0323. The maximum absolute atomic E-state index is 13.9. The lowest BCUT2D eigenvalue weighted by Crippen LogP contribution is -2.27. The van der Waals surface area contributed by atoms with Gasteiger partial charge in [0.15, 0.2) is 11.5 Å². The first-order chi connectivity index (χ1) is 19.4. The third-order valence-electron chi connectivity index (χ3n) is 6.27. The Hall–Kier alpha value is -4.99. The number of hydrogen-bond donors (Lipinski definition) is 2. The van der Waals surface area contributed by atoms with Gasteiger partial charge in [0.25, 0.3) is 5.56 Å². The Morgan fingerprint density at radius 1 is 0.902 bits per heavy atom. The topological polar surface area (TPSA) is 125 Å². The van der Waals surface area contributed by atoms with E-state index in [0.29, 0.717) is 39.4 Å². The molecule has 0 saturated heterocycles. The van der Waals surface area contributed by atoms with Crippen molar-refractivity contribution < 1.29 is 33.6 Å². The number of ether oxygens (including phenoxy) is 4. The Morgan fingerprint density at radius 3 is 2.17 bits per heavy atom. The summed E-state index contributed by atoms with van der Waals surface area (Å²) in [6.45, 7) is 7.10. The van der Waals surface area contributed by atoms with Crippen LogP contribution in [0, 0.1) is 6.92 Å². The Balaban J connectivity index is 2.01. The van der Waals surface area contributed by atoms with Crippen molar-refractivity contribution in [3.05, 3.63) is 76.2 Å².